The Balaban J connectivity index is 2.13. The first-order valence-electron chi connectivity index (χ1n) is 12.9. The van der Waals surface area contributed by atoms with Crippen molar-refractivity contribution >= 4 is 0 Å². The van der Waals surface area contributed by atoms with E-state index in [0.29, 0.717) is 5.92 Å². The van der Waals surface area contributed by atoms with E-state index in [0.717, 1.165) is 42.3 Å². The molecular formula is C28H46O2. The van der Waals surface area contributed by atoms with Crippen molar-refractivity contribution in [2.75, 3.05) is 0 Å². The number of furan rings is 2. The molecule has 2 rings (SSSR count). The van der Waals surface area contributed by atoms with Gasteiger partial charge in [-0.2, -0.15) is 0 Å². The largest absolute Gasteiger partial charge is 0.465 e. The third-order valence-corrected chi connectivity index (χ3v) is 6.46. The summed E-state index contributed by atoms with van der Waals surface area (Å²) in [6.07, 6.45) is 17.2. The summed E-state index contributed by atoms with van der Waals surface area (Å²) < 4.78 is 12.8. The molecule has 1 unspecified atom stereocenters. The molecule has 2 aromatic heterocycles. The lowest BCUT2D eigenvalue weighted by atomic mass is 9.82. The lowest BCUT2D eigenvalue weighted by Gasteiger charge is -2.23. The summed E-state index contributed by atoms with van der Waals surface area (Å²) in [5.74, 6) is 5.31. The van der Waals surface area contributed by atoms with Gasteiger partial charge in [-0.3, -0.25) is 0 Å². The highest BCUT2D eigenvalue weighted by Crippen LogP contribution is 2.39. The zero-order valence-electron chi connectivity index (χ0n) is 20.2. The van der Waals surface area contributed by atoms with Crippen LogP contribution in [0.5, 0.6) is 0 Å². The second-order valence-corrected chi connectivity index (χ2v) is 9.02. The third-order valence-electron chi connectivity index (χ3n) is 6.46. The van der Waals surface area contributed by atoms with E-state index in [4.69, 9.17) is 8.83 Å². The van der Waals surface area contributed by atoms with Gasteiger partial charge in [0.15, 0.2) is 0 Å². The van der Waals surface area contributed by atoms with Crippen molar-refractivity contribution in [3.05, 3.63) is 47.3 Å². The van der Waals surface area contributed by atoms with Crippen molar-refractivity contribution in [1.29, 1.82) is 0 Å². The fraction of sp³-hybridized carbons (Fsp3) is 0.714. The van der Waals surface area contributed by atoms with E-state index in [9.17, 15) is 0 Å². The van der Waals surface area contributed by atoms with Crippen molar-refractivity contribution in [3.8, 4) is 0 Å². The summed E-state index contributed by atoms with van der Waals surface area (Å²) in [6, 6.07) is 8.85. The molecule has 0 saturated carbocycles. The highest BCUT2D eigenvalue weighted by Gasteiger charge is 2.29. The van der Waals surface area contributed by atoms with Crippen LogP contribution in [-0.2, 0) is 12.8 Å². The van der Waals surface area contributed by atoms with Gasteiger partial charge in [0.25, 0.3) is 0 Å². The van der Waals surface area contributed by atoms with Gasteiger partial charge < -0.3 is 8.83 Å². The zero-order valence-corrected chi connectivity index (χ0v) is 20.2. The fourth-order valence-electron chi connectivity index (χ4n) is 4.52. The van der Waals surface area contributed by atoms with Crippen LogP contribution in [0.3, 0.4) is 0 Å². The Morgan fingerprint density at radius 2 is 1.10 bits per heavy atom. The first kappa shape index (κ1) is 24.8. The molecule has 0 amide bonds. The second-order valence-electron chi connectivity index (χ2n) is 9.02. The SMILES string of the molecule is CCCCCCc1ccc(C(c2ccc(CCCCCC)o2)C(CC)CCCC)o1. The summed E-state index contributed by atoms with van der Waals surface area (Å²) in [4.78, 5) is 0. The normalized spacial score (nSPS) is 12.7. The molecule has 0 aliphatic rings. The highest BCUT2D eigenvalue weighted by atomic mass is 16.4. The van der Waals surface area contributed by atoms with Crippen LogP contribution >= 0.6 is 0 Å². The van der Waals surface area contributed by atoms with Gasteiger partial charge in [0, 0.05) is 12.8 Å². The minimum atomic E-state index is 0.246. The van der Waals surface area contributed by atoms with Crippen molar-refractivity contribution in [1.82, 2.24) is 0 Å². The van der Waals surface area contributed by atoms with Crippen LogP contribution in [0.2, 0.25) is 0 Å². The predicted molar refractivity (Wildman–Crippen MR) is 128 cm³/mol. The summed E-state index contributed by atoms with van der Waals surface area (Å²) in [5, 5.41) is 0. The minimum absolute atomic E-state index is 0.246. The third kappa shape index (κ3) is 8.00. The topological polar surface area (TPSA) is 26.3 Å². The molecule has 0 saturated heterocycles. The van der Waals surface area contributed by atoms with Crippen LogP contribution in [0.1, 0.15) is 134 Å². The average molecular weight is 415 g/mol. The molecule has 0 spiro atoms. The van der Waals surface area contributed by atoms with Gasteiger partial charge in [-0.05, 0) is 49.4 Å². The van der Waals surface area contributed by atoms with E-state index in [1.165, 1.54) is 70.6 Å². The Hall–Kier alpha value is -1.44. The van der Waals surface area contributed by atoms with Gasteiger partial charge in [-0.15, -0.1) is 0 Å². The molecule has 0 aromatic carbocycles. The van der Waals surface area contributed by atoms with Crippen molar-refractivity contribution < 1.29 is 8.83 Å². The van der Waals surface area contributed by atoms with Gasteiger partial charge >= 0.3 is 0 Å². The number of hydrogen-bond acceptors (Lipinski definition) is 2. The molecule has 0 radical (unpaired) electrons. The van der Waals surface area contributed by atoms with Crippen molar-refractivity contribution in [2.24, 2.45) is 5.92 Å². The van der Waals surface area contributed by atoms with E-state index in [1.54, 1.807) is 0 Å². The quantitative estimate of drug-likeness (QED) is 0.241. The van der Waals surface area contributed by atoms with Crippen molar-refractivity contribution in [2.45, 2.75) is 124 Å². The first-order chi connectivity index (χ1) is 14.7. The number of unbranched alkanes of at least 4 members (excludes halogenated alkanes) is 7. The van der Waals surface area contributed by atoms with Gasteiger partial charge in [-0.1, -0.05) is 85.5 Å². The molecule has 2 aromatic rings. The summed E-state index contributed by atoms with van der Waals surface area (Å²) in [7, 11) is 0. The van der Waals surface area contributed by atoms with E-state index >= 15 is 0 Å². The molecule has 1 atom stereocenters. The Morgan fingerprint density at radius 3 is 1.53 bits per heavy atom. The molecular weight excluding hydrogens is 368 g/mol. The standard InChI is InChI=1S/C28H46O2/c1-5-9-12-14-17-24-19-21-26(29-24)28(23(8-4)16-11-7-3)27-22-20-25(30-27)18-15-13-10-6-2/h19-23,28H,5-18H2,1-4H3. The average Bonchev–Trinajstić information content (AvgIpc) is 3.41. The van der Waals surface area contributed by atoms with Crippen LogP contribution < -0.4 is 0 Å². The number of hydrogen-bond donors (Lipinski definition) is 0. The summed E-state index contributed by atoms with van der Waals surface area (Å²) in [5.41, 5.74) is 0. The second kappa shape index (κ2) is 14.5. The van der Waals surface area contributed by atoms with Crippen LogP contribution in [-0.4, -0.2) is 0 Å². The molecule has 170 valence electrons. The van der Waals surface area contributed by atoms with Crippen LogP contribution in [0.25, 0.3) is 0 Å². The number of aryl methyl sites for hydroxylation is 2. The van der Waals surface area contributed by atoms with Gasteiger partial charge in [0.05, 0.1) is 5.92 Å². The molecule has 2 nitrogen and oxygen atoms in total. The van der Waals surface area contributed by atoms with Gasteiger partial charge in [-0.25, -0.2) is 0 Å². The maximum Gasteiger partial charge on any atom is 0.115 e. The maximum absolute atomic E-state index is 6.41. The highest BCUT2D eigenvalue weighted by molar-refractivity contribution is 5.24. The monoisotopic (exact) mass is 414 g/mol. The Labute approximate surface area is 185 Å². The molecule has 0 N–H and O–H groups in total. The summed E-state index contributed by atoms with van der Waals surface area (Å²) in [6.45, 7) is 9.12. The lowest BCUT2D eigenvalue weighted by Crippen LogP contribution is -2.13. The Morgan fingerprint density at radius 1 is 0.600 bits per heavy atom. The van der Waals surface area contributed by atoms with E-state index in [-0.39, 0.29) is 5.92 Å². The Kier molecular flexibility index (Phi) is 12.0. The van der Waals surface area contributed by atoms with E-state index in [1.807, 2.05) is 0 Å². The van der Waals surface area contributed by atoms with E-state index in [2.05, 4.69) is 52.0 Å². The van der Waals surface area contributed by atoms with Crippen molar-refractivity contribution in [3.63, 3.8) is 0 Å². The van der Waals surface area contributed by atoms with Crippen LogP contribution in [0.4, 0.5) is 0 Å². The molecule has 0 aliphatic carbocycles. The van der Waals surface area contributed by atoms with Crippen LogP contribution in [0.15, 0.2) is 33.1 Å². The Bertz CT molecular complexity index is 615. The summed E-state index contributed by atoms with van der Waals surface area (Å²) >= 11 is 0. The minimum Gasteiger partial charge on any atom is -0.465 e. The molecule has 30 heavy (non-hydrogen) atoms. The van der Waals surface area contributed by atoms with Crippen LogP contribution in [0, 0.1) is 5.92 Å². The number of rotatable bonds is 17. The first-order valence-corrected chi connectivity index (χ1v) is 12.9. The molecule has 0 aliphatic heterocycles. The molecule has 0 fully saturated rings. The molecule has 2 heterocycles. The smallest absolute Gasteiger partial charge is 0.115 e. The fourth-order valence-corrected chi connectivity index (χ4v) is 4.52. The van der Waals surface area contributed by atoms with E-state index < -0.39 is 0 Å². The lowest BCUT2D eigenvalue weighted by molar-refractivity contribution is 0.306. The maximum atomic E-state index is 6.41. The molecule has 2 heteroatoms. The zero-order chi connectivity index (χ0) is 21.6. The van der Waals surface area contributed by atoms with Gasteiger partial charge in [0.2, 0.25) is 0 Å². The molecule has 0 bridgehead atoms. The van der Waals surface area contributed by atoms with Gasteiger partial charge in [0.1, 0.15) is 23.0 Å². The predicted octanol–water partition coefficient (Wildman–Crippen LogP) is 9.47.